The van der Waals surface area contributed by atoms with Crippen LogP contribution in [0.3, 0.4) is 0 Å². The van der Waals surface area contributed by atoms with Gasteiger partial charge in [-0.05, 0) is 36.8 Å². The van der Waals surface area contributed by atoms with Crippen molar-refractivity contribution in [3.05, 3.63) is 137 Å². The first kappa shape index (κ1) is 61.8. The van der Waals surface area contributed by atoms with Crippen LogP contribution in [0.1, 0.15) is 98.3 Å². The summed E-state index contributed by atoms with van der Waals surface area (Å²) in [5, 5.41) is 0. The monoisotopic (exact) mass is 1200 g/mol. The fourth-order valence-corrected chi connectivity index (χ4v) is 5.98. The Hall–Kier alpha value is -1.55. The molecule has 2 radical (unpaired) electrons. The molecule has 0 N–H and O–H groups in total. The number of hydrogen-bond donors (Lipinski definition) is 0. The van der Waals surface area contributed by atoms with E-state index in [1.807, 2.05) is 84.9 Å². The smallest absolute Gasteiger partial charge is 0.520 e. The SMILES string of the molecule is CC.CC.CC.CCCOC1=CCC=C(C)C=[C-]1.CCCOc1[c-]ccc(C)c1.PN1CCOC(Cc2ccccc2)C1.PN1CCOC(Cc2ccccc2)C1.[Os+].[Os+]. The molecule has 2 saturated heterocycles. The number of rotatable bonds is 10. The van der Waals surface area contributed by atoms with Crippen molar-refractivity contribution in [2.75, 3.05) is 52.6 Å². The maximum absolute atomic E-state index is 5.70. The third-order valence-electron chi connectivity index (χ3n) is 7.99. The molecule has 3 aliphatic rings. The molecule has 3 aromatic rings. The van der Waals surface area contributed by atoms with E-state index in [1.54, 1.807) is 0 Å². The molecule has 10 heteroatoms. The maximum atomic E-state index is 5.70. The molecule has 4 unspecified atom stereocenters. The number of aryl methyl sites for hydroxylation is 1. The summed E-state index contributed by atoms with van der Waals surface area (Å²) >= 11 is 0. The second kappa shape index (κ2) is 43.1. The third kappa shape index (κ3) is 32.8. The first-order valence-corrected chi connectivity index (χ1v) is 22.4. The molecule has 0 saturated carbocycles. The molecule has 1 aliphatic carbocycles. The Morgan fingerprint density at radius 1 is 0.678 bits per heavy atom. The number of hydrogen-bond acceptors (Lipinski definition) is 6. The van der Waals surface area contributed by atoms with Crippen molar-refractivity contribution in [1.82, 2.24) is 9.34 Å². The number of ether oxygens (including phenoxy) is 4. The van der Waals surface area contributed by atoms with Gasteiger partial charge in [-0.25, -0.2) is 0 Å². The van der Waals surface area contributed by atoms with Gasteiger partial charge < -0.3 is 18.9 Å². The van der Waals surface area contributed by atoms with Crippen LogP contribution in [0.25, 0.3) is 0 Å². The van der Waals surface area contributed by atoms with E-state index in [4.69, 9.17) is 18.9 Å². The van der Waals surface area contributed by atoms with E-state index in [2.05, 4.69) is 122 Å². The number of nitrogens with zero attached hydrogens (tertiary/aromatic N) is 2. The summed E-state index contributed by atoms with van der Waals surface area (Å²) in [4.78, 5) is 0. The van der Waals surface area contributed by atoms with Gasteiger partial charge in [0.15, 0.2) is 0 Å². The largest absolute Gasteiger partial charge is 1.00 e. The van der Waals surface area contributed by atoms with Crippen LogP contribution in [-0.4, -0.2) is 74.2 Å². The zero-order valence-corrected chi connectivity index (χ0v) is 45.4. The number of allylic oxidation sites excluding steroid dienone is 5. The minimum Gasteiger partial charge on any atom is -0.520 e. The average Bonchev–Trinajstić information content (AvgIpc) is 3.46. The van der Waals surface area contributed by atoms with Crippen molar-refractivity contribution in [3.63, 3.8) is 0 Å². The molecule has 334 valence electrons. The Bertz CT molecular complexity index is 1390. The van der Waals surface area contributed by atoms with Crippen LogP contribution < -0.4 is 4.74 Å². The summed E-state index contributed by atoms with van der Waals surface area (Å²) in [5.74, 6) is 1.73. The fraction of sp³-hybridized carbons (Fsp3) is 0.510. The van der Waals surface area contributed by atoms with Crippen LogP contribution in [0.5, 0.6) is 5.75 Å². The third-order valence-corrected chi connectivity index (χ3v) is 8.93. The van der Waals surface area contributed by atoms with Crippen LogP contribution in [0, 0.1) is 19.1 Å². The van der Waals surface area contributed by atoms with Crippen molar-refractivity contribution in [3.8, 4) is 5.75 Å². The molecule has 59 heavy (non-hydrogen) atoms. The molecule has 2 heterocycles. The Morgan fingerprint density at radius 2 is 1.15 bits per heavy atom. The van der Waals surface area contributed by atoms with Crippen LogP contribution in [0.2, 0.25) is 0 Å². The first-order valence-electron chi connectivity index (χ1n) is 21.4. The number of morpholine rings is 2. The van der Waals surface area contributed by atoms with Gasteiger partial charge in [-0.15, -0.1) is 30.4 Å². The molecule has 0 amide bonds. The van der Waals surface area contributed by atoms with Gasteiger partial charge >= 0.3 is 39.6 Å². The van der Waals surface area contributed by atoms with Gasteiger partial charge in [0.2, 0.25) is 0 Å². The molecule has 6 nitrogen and oxygen atoms in total. The van der Waals surface area contributed by atoms with Crippen LogP contribution >= 0.6 is 18.8 Å². The molecule has 0 bridgehead atoms. The fourth-order valence-electron chi connectivity index (χ4n) is 5.30. The van der Waals surface area contributed by atoms with Gasteiger partial charge in [-0.3, -0.25) is 9.34 Å². The minimum absolute atomic E-state index is 0. The summed E-state index contributed by atoms with van der Waals surface area (Å²) in [6, 6.07) is 30.0. The van der Waals surface area contributed by atoms with Crippen molar-refractivity contribution in [2.45, 2.75) is 114 Å². The molecule has 2 fully saturated rings. The molecule has 0 spiro atoms. The predicted molar refractivity (Wildman–Crippen MR) is 253 cm³/mol. The van der Waals surface area contributed by atoms with E-state index in [9.17, 15) is 0 Å². The molecule has 2 aliphatic heterocycles. The van der Waals surface area contributed by atoms with Crippen molar-refractivity contribution < 1.29 is 58.5 Å². The second-order valence-corrected chi connectivity index (χ2v) is 14.3. The van der Waals surface area contributed by atoms with Crippen LogP contribution in [-0.2, 0) is 66.6 Å². The molecular formula is C49H78N2O4Os2P2. The summed E-state index contributed by atoms with van der Waals surface area (Å²) in [7, 11) is 5.50. The van der Waals surface area contributed by atoms with Gasteiger partial charge in [0.25, 0.3) is 0 Å². The second-order valence-electron chi connectivity index (χ2n) is 12.8. The Kier molecular flexibility index (Phi) is 45.1. The standard InChI is InChI=1S/2C11H16NOP.C11H15O.C10H13O.3C2H6.2Os/c2*14-12-6-7-13-11(9-12)8-10-4-2-1-3-5-10;1-3-9-12-11-6-4-5-10(2)7-8-11;1-3-7-11-10-6-4-5-9(2)8-10;3*1-2;;/h2*1-5,11H,6-9,14H2;5-7H,3-4,9H2,1-2H3;4-5,8H,3,7H2,1-2H3;3*1-2H3;;/q;;2*-1;;;;2*+1. The zero-order valence-electron chi connectivity index (χ0n) is 38.0. The molecule has 0 aromatic heterocycles. The topological polar surface area (TPSA) is 43.4 Å². The maximum Gasteiger partial charge on any atom is 1.00 e. The van der Waals surface area contributed by atoms with Crippen LogP contribution in [0.4, 0.5) is 0 Å². The first-order chi connectivity index (χ1) is 27.8. The van der Waals surface area contributed by atoms with Gasteiger partial charge in [0.05, 0.1) is 38.6 Å². The van der Waals surface area contributed by atoms with E-state index in [0.29, 0.717) is 12.2 Å². The van der Waals surface area contributed by atoms with Crippen molar-refractivity contribution in [2.24, 2.45) is 0 Å². The van der Waals surface area contributed by atoms with E-state index in [0.717, 1.165) is 96.2 Å². The Labute approximate surface area is 393 Å². The van der Waals surface area contributed by atoms with Gasteiger partial charge in [-0.1, -0.05) is 155 Å². The quantitative estimate of drug-likeness (QED) is 0.149. The van der Waals surface area contributed by atoms with Gasteiger partial charge in [0, 0.05) is 37.7 Å². The molecule has 4 atom stereocenters. The summed E-state index contributed by atoms with van der Waals surface area (Å²) in [5.41, 5.74) is 5.19. The molecule has 3 aromatic carbocycles. The molecule has 6 rings (SSSR count). The number of benzene rings is 3. The van der Waals surface area contributed by atoms with E-state index < -0.39 is 0 Å². The van der Waals surface area contributed by atoms with Crippen molar-refractivity contribution >= 4 is 18.8 Å². The van der Waals surface area contributed by atoms with Crippen molar-refractivity contribution in [1.29, 1.82) is 0 Å². The van der Waals surface area contributed by atoms with Gasteiger partial charge in [-0.2, -0.15) is 29.3 Å². The average molecular weight is 1200 g/mol. The van der Waals surface area contributed by atoms with E-state index in [1.165, 1.54) is 22.3 Å². The summed E-state index contributed by atoms with van der Waals surface area (Å²) < 4.78 is 26.7. The van der Waals surface area contributed by atoms with Gasteiger partial charge in [0.1, 0.15) is 0 Å². The Morgan fingerprint density at radius 3 is 1.59 bits per heavy atom. The van der Waals surface area contributed by atoms with E-state index in [-0.39, 0.29) is 39.6 Å². The van der Waals surface area contributed by atoms with E-state index >= 15 is 0 Å². The normalized spacial score (nSPS) is 16.7. The van der Waals surface area contributed by atoms with Crippen LogP contribution in [0.15, 0.2) is 108 Å². The summed E-state index contributed by atoms with van der Waals surface area (Å²) in [6.07, 6.45) is 15.1. The zero-order chi connectivity index (χ0) is 42.5. The Balaban J connectivity index is -0.000000674. The summed E-state index contributed by atoms with van der Waals surface area (Å²) in [6.45, 7) is 27.6. The molecular weight excluding hydrogens is 1120 g/mol. The predicted octanol–water partition coefficient (Wildman–Crippen LogP) is 12.1. The minimum atomic E-state index is 0.